The number of carbonyl (C=O) groups is 1. The first kappa shape index (κ1) is 16.5. The molecule has 1 aromatic heterocycles. The molecule has 124 valence electrons. The molecule has 25 heavy (non-hydrogen) atoms. The number of carbonyl (C=O) groups excluding carboxylic acids is 1. The molecule has 0 aliphatic heterocycles. The minimum Gasteiger partial charge on any atom is -0.325 e. The summed E-state index contributed by atoms with van der Waals surface area (Å²) >= 11 is 0. The van der Waals surface area contributed by atoms with Crippen LogP contribution >= 0.6 is 0 Å². The number of nitrogens with one attached hydrogen (secondary N) is 2. The predicted octanol–water partition coefficient (Wildman–Crippen LogP) is 2.47. The Hall–Kier alpha value is -3.36. The molecule has 5 nitrogen and oxygen atoms in total. The summed E-state index contributed by atoms with van der Waals surface area (Å²) in [5.41, 5.74) is 2.63. The smallest absolute Gasteiger partial charge is 0.238 e. The number of amides is 1. The van der Waals surface area contributed by atoms with Crippen molar-refractivity contribution in [2.45, 2.75) is 6.67 Å². The van der Waals surface area contributed by atoms with Crippen LogP contribution in [0.25, 0.3) is 0 Å². The fourth-order valence-corrected chi connectivity index (χ4v) is 2.19. The largest absolute Gasteiger partial charge is 0.325 e. The molecule has 2 aromatic carbocycles. The molecule has 0 fully saturated rings. The lowest BCUT2D eigenvalue weighted by Crippen LogP contribution is -2.29. The van der Waals surface area contributed by atoms with Crippen molar-refractivity contribution in [3.05, 3.63) is 84.4 Å². The molecule has 0 aliphatic carbocycles. The van der Waals surface area contributed by atoms with Crippen LogP contribution in [0, 0.1) is 11.8 Å². The Kier molecular flexibility index (Phi) is 5.60. The van der Waals surface area contributed by atoms with Crippen molar-refractivity contribution in [2.75, 3.05) is 11.9 Å². The summed E-state index contributed by atoms with van der Waals surface area (Å²) < 4.78 is 1.85. The van der Waals surface area contributed by atoms with Crippen LogP contribution in [0.3, 0.4) is 0 Å². The zero-order chi connectivity index (χ0) is 17.3. The third kappa shape index (κ3) is 5.34. The van der Waals surface area contributed by atoms with Gasteiger partial charge < -0.3 is 9.88 Å². The average Bonchev–Trinajstić information content (AvgIpc) is 3.15. The van der Waals surface area contributed by atoms with Gasteiger partial charge in [-0.15, -0.1) is 0 Å². The molecular weight excluding hydrogens is 312 g/mol. The van der Waals surface area contributed by atoms with E-state index >= 15 is 0 Å². The Morgan fingerprint density at radius 3 is 2.40 bits per heavy atom. The van der Waals surface area contributed by atoms with Crippen LogP contribution < -0.4 is 10.6 Å². The van der Waals surface area contributed by atoms with E-state index < -0.39 is 0 Å². The third-order valence-corrected chi connectivity index (χ3v) is 3.43. The van der Waals surface area contributed by atoms with Crippen molar-refractivity contribution in [3.8, 4) is 11.8 Å². The number of rotatable bonds is 5. The highest BCUT2D eigenvalue weighted by Crippen LogP contribution is 2.09. The highest BCUT2D eigenvalue weighted by Gasteiger charge is 2.01. The minimum atomic E-state index is -0.0942. The van der Waals surface area contributed by atoms with Crippen LogP contribution in [0.4, 0.5) is 5.69 Å². The van der Waals surface area contributed by atoms with Crippen molar-refractivity contribution in [1.29, 1.82) is 0 Å². The van der Waals surface area contributed by atoms with Crippen LogP contribution in [-0.2, 0) is 11.5 Å². The molecule has 0 bridgehead atoms. The first-order chi connectivity index (χ1) is 12.3. The monoisotopic (exact) mass is 330 g/mol. The van der Waals surface area contributed by atoms with E-state index in [1.165, 1.54) is 0 Å². The number of benzene rings is 2. The molecular formula is C20H18N4O. The summed E-state index contributed by atoms with van der Waals surface area (Å²) in [7, 11) is 0. The number of imidazole rings is 1. The van der Waals surface area contributed by atoms with Gasteiger partial charge in [-0.3, -0.25) is 10.1 Å². The Balaban J connectivity index is 1.48. The van der Waals surface area contributed by atoms with Gasteiger partial charge in [0.1, 0.15) is 0 Å². The fourth-order valence-electron chi connectivity index (χ4n) is 2.19. The molecule has 0 atom stereocenters. The van der Waals surface area contributed by atoms with E-state index in [0.717, 1.165) is 16.8 Å². The zero-order valence-electron chi connectivity index (χ0n) is 13.6. The number of aromatic nitrogens is 2. The van der Waals surface area contributed by atoms with E-state index in [9.17, 15) is 4.79 Å². The number of hydrogen-bond acceptors (Lipinski definition) is 3. The van der Waals surface area contributed by atoms with Gasteiger partial charge in [-0.05, 0) is 36.4 Å². The van der Waals surface area contributed by atoms with E-state index in [1.54, 1.807) is 12.5 Å². The summed E-state index contributed by atoms with van der Waals surface area (Å²) in [5, 5.41) is 5.89. The molecule has 0 spiro atoms. The standard InChI is InChI=1S/C20H18N4O/c25-20(14-22-16-24-13-12-21-15-24)23-19-10-8-18(9-11-19)7-6-17-4-2-1-3-5-17/h1-5,8-13,15,22H,14,16H2,(H,23,25). The Labute approximate surface area is 146 Å². The Bertz CT molecular complexity index is 860. The van der Waals surface area contributed by atoms with Crippen LogP contribution in [0.1, 0.15) is 11.1 Å². The molecule has 3 aromatic rings. The van der Waals surface area contributed by atoms with Gasteiger partial charge in [-0.25, -0.2) is 4.98 Å². The van der Waals surface area contributed by atoms with Crippen LogP contribution in [0.15, 0.2) is 73.3 Å². The van der Waals surface area contributed by atoms with Crippen LogP contribution in [0.2, 0.25) is 0 Å². The highest BCUT2D eigenvalue weighted by atomic mass is 16.1. The lowest BCUT2D eigenvalue weighted by molar-refractivity contribution is -0.115. The summed E-state index contributed by atoms with van der Waals surface area (Å²) in [6, 6.07) is 17.3. The average molecular weight is 330 g/mol. The van der Waals surface area contributed by atoms with Gasteiger partial charge in [0.25, 0.3) is 0 Å². The maximum absolute atomic E-state index is 11.9. The normalized spacial score (nSPS) is 9.92. The van der Waals surface area contributed by atoms with Crippen molar-refractivity contribution >= 4 is 11.6 Å². The lowest BCUT2D eigenvalue weighted by atomic mass is 10.1. The second kappa shape index (κ2) is 8.48. The summed E-state index contributed by atoms with van der Waals surface area (Å²) in [6.07, 6.45) is 5.23. The van der Waals surface area contributed by atoms with E-state index in [1.807, 2.05) is 65.4 Å². The van der Waals surface area contributed by atoms with Gasteiger partial charge >= 0.3 is 0 Å². The van der Waals surface area contributed by atoms with E-state index in [0.29, 0.717) is 6.67 Å². The summed E-state index contributed by atoms with van der Waals surface area (Å²) in [4.78, 5) is 15.9. The van der Waals surface area contributed by atoms with Crippen molar-refractivity contribution in [3.63, 3.8) is 0 Å². The van der Waals surface area contributed by atoms with Crippen molar-refractivity contribution in [1.82, 2.24) is 14.9 Å². The van der Waals surface area contributed by atoms with Crippen LogP contribution in [-0.4, -0.2) is 22.0 Å². The molecule has 2 N–H and O–H groups in total. The molecule has 3 rings (SSSR count). The lowest BCUT2D eigenvalue weighted by Gasteiger charge is -2.07. The zero-order valence-corrected chi connectivity index (χ0v) is 13.6. The second-order valence-electron chi connectivity index (χ2n) is 5.40. The fraction of sp³-hybridized carbons (Fsp3) is 0.100. The number of nitrogens with zero attached hydrogens (tertiary/aromatic N) is 2. The van der Waals surface area contributed by atoms with Gasteiger partial charge in [-0.1, -0.05) is 30.0 Å². The third-order valence-electron chi connectivity index (χ3n) is 3.43. The Morgan fingerprint density at radius 1 is 1.00 bits per heavy atom. The maximum atomic E-state index is 11.9. The first-order valence-electron chi connectivity index (χ1n) is 7.93. The van der Waals surface area contributed by atoms with Crippen molar-refractivity contribution < 1.29 is 4.79 Å². The molecule has 0 saturated heterocycles. The molecule has 0 unspecified atom stereocenters. The minimum absolute atomic E-state index is 0.0942. The predicted molar refractivity (Wildman–Crippen MR) is 97.7 cm³/mol. The second-order valence-corrected chi connectivity index (χ2v) is 5.40. The van der Waals surface area contributed by atoms with E-state index in [4.69, 9.17) is 0 Å². The topological polar surface area (TPSA) is 59.0 Å². The molecule has 1 heterocycles. The van der Waals surface area contributed by atoms with Gasteiger partial charge in [0.2, 0.25) is 5.91 Å². The van der Waals surface area contributed by atoms with Gasteiger partial charge in [-0.2, -0.15) is 0 Å². The molecule has 0 aliphatic rings. The Morgan fingerprint density at radius 2 is 1.72 bits per heavy atom. The van der Waals surface area contributed by atoms with Crippen molar-refractivity contribution in [2.24, 2.45) is 0 Å². The van der Waals surface area contributed by atoms with Gasteiger partial charge in [0, 0.05) is 29.2 Å². The van der Waals surface area contributed by atoms with E-state index in [2.05, 4.69) is 27.5 Å². The molecule has 0 radical (unpaired) electrons. The van der Waals surface area contributed by atoms with E-state index in [-0.39, 0.29) is 12.5 Å². The summed E-state index contributed by atoms with van der Waals surface area (Å²) in [5.74, 6) is 6.12. The maximum Gasteiger partial charge on any atom is 0.238 e. The van der Waals surface area contributed by atoms with Gasteiger partial charge in [0.15, 0.2) is 0 Å². The molecule has 5 heteroatoms. The quantitative estimate of drug-likeness (QED) is 0.707. The van der Waals surface area contributed by atoms with Crippen LogP contribution in [0.5, 0.6) is 0 Å². The van der Waals surface area contributed by atoms with Gasteiger partial charge in [0.05, 0.1) is 19.5 Å². The number of anilines is 1. The molecule has 0 saturated carbocycles. The molecule has 1 amide bonds. The first-order valence-corrected chi connectivity index (χ1v) is 7.93. The number of hydrogen-bond donors (Lipinski definition) is 2. The highest BCUT2D eigenvalue weighted by molar-refractivity contribution is 5.92. The SMILES string of the molecule is O=C(CNCn1ccnc1)Nc1ccc(C#Cc2ccccc2)cc1. The summed E-state index contributed by atoms with van der Waals surface area (Å²) in [6.45, 7) is 0.773.